The van der Waals surface area contributed by atoms with Crippen LogP contribution in [-0.4, -0.2) is 28.9 Å². The molecule has 0 radical (unpaired) electrons. The monoisotopic (exact) mass is 196 g/mol. The van der Waals surface area contributed by atoms with E-state index in [1.165, 1.54) is 0 Å². The molecule has 3 nitrogen and oxygen atoms in total. The van der Waals surface area contributed by atoms with Crippen LogP contribution in [0.5, 0.6) is 0 Å². The first-order valence-corrected chi connectivity index (χ1v) is 5.58. The molecule has 1 unspecified atom stereocenters. The standard InChI is InChI=1S/C11H20N2O/c1-11(2)7-9(12)5-6-13(11)10(14)8-3-4-8/h8-9H,3-7,12H2,1-2H3. The molecule has 1 aliphatic heterocycles. The summed E-state index contributed by atoms with van der Waals surface area (Å²) in [5.41, 5.74) is 5.90. The predicted molar refractivity (Wildman–Crippen MR) is 55.7 cm³/mol. The summed E-state index contributed by atoms with van der Waals surface area (Å²) in [6, 6.07) is 0.272. The molecule has 2 rings (SSSR count). The topological polar surface area (TPSA) is 46.3 Å². The number of nitrogens with two attached hydrogens (primary N) is 1. The average molecular weight is 196 g/mol. The molecule has 1 saturated heterocycles. The first-order valence-electron chi connectivity index (χ1n) is 5.58. The quantitative estimate of drug-likeness (QED) is 0.683. The molecule has 2 N–H and O–H groups in total. The second kappa shape index (κ2) is 3.23. The Morgan fingerprint density at radius 3 is 2.50 bits per heavy atom. The lowest BCUT2D eigenvalue weighted by Gasteiger charge is -2.45. The maximum absolute atomic E-state index is 12.0. The van der Waals surface area contributed by atoms with Gasteiger partial charge in [0.05, 0.1) is 0 Å². The maximum atomic E-state index is 12.0. The second-order valence-corrected chi connectivity index (χ2v) is 5.33. The van der Waals surface area contributed by atoms with Crippen molar-refractivity contribution in [3.8, 4) is 0 Å². The molecule has 0 aromatic carbocycles. The molecule has 14 heavy (non-hydrogen) atoms. The van der Waals surface area contributed by atoms with Crippen molar-refractivity contribution in [2.45, 2.75) is 51.1 Å². The van der Waals surface area contributed by atoms with Crippen LogP contribution in [0.2, 0.25) is 0 Å². The Labute approximate surface area is 85.6 Å². The van der Waals surface area contributed by atoms with Gasteiger partial charge in [-0.2, -0.15) is 0 Å². The van der Waals surface area contributed by atoms with Crippen molar-refractivity contribution in [1.82, 2.24) is 4.90 Å². The Kier molecular flexibility index (Phi) is 2.30. The molecule has 0 aromatic rings. The molecule has 80 valence electrons. The molecule has 2 fully saturated rings. The summed E-state index contributed by atoms with van der Waals surface area (Å²) in [6.07, 6.45) is 4.09. The van der Waals surface area contributed by atoms with E-state index in [1.54, 1.807) is 0 Å². The minimum Gasteiger partial charge on any atom is -0.337 e. The van der Waals surface area contributed by atoms with Gasteiger partial charge >= 0.3 is 0 Å². The lowest BCUT2D eigenvalue weighted by Crippen LogP contribution is -2.56. The molecule has 0 aromatic heterocycles. The number of likely N-dealkylation sites (tertiary alicyclic amines) is 1. The van der Waals surface area contributed by atoms with Crippen molar-refractivity contribution in [3.63, 3.8) is 0 Å². The minimum atomic E-state index is -0.0304. The fourth-order valence-electron chi connectivity index (χ4n) is 2.41. The molecule has 1 saturated carbocycles. The van der Waals surface area contributed by atoms with Crippen molar-refractivity contribution in [2.75, 3.05) is 6.54 Å². The SMILES string of the molecule is CC1(C)CC(N)CCN1C(=O)C1CC1. The van der Waals surface area contributed by atoms with Crippen LogP contribution < -0.4 is 5.73 Å². The third-order valence-electron chi connectivity index (χ3n) is 3.41. The van der Waals surface area contributed by atoms with E-state index in [9.17, 15) is 4.79 Å². The third kappa shape index (κ3) is 1.78. The van der Waals surface area contributed by atoms with Gasteiger partial charge in [0.25, 0.3) is 0 Å². The van der Waals surface area contributed by atoms with Crippen LogP contribution in [0.1, 0.15) is 39.5 Å². The molecule has 1 atom stereocenters. The highest BCUT2D eigenvalue weighted by Gasteiger charge is 2.41. The van der Waals surface area contributed by atoms with E-state index >= 15 is 0 Å². The normalized spacial score (nSPS) is 31.6. The van der Waals surface area contributed by atoms with Crippen molar-refractivity contribution < 1.29 is 4.79 Å². The maximum Gasteiger partial charge on any atom is 0.226 e. The smallest absolute Gasteiger partial charge is 0.226 e. The molecule has 0 spiro atoms. The van der Waals surface area contributed by atoms with Crippen LogP contribution in [0.4, 0.5) is 0 Å². The van der Waals surface area contributed by atoms with Gasteiger partial charge in [0.15, 0.2) is 0 Å². The Balaban J connectivity index is 2.06. The highest BCUT2D eigenvalue weighted by molar-refractivity contribution is 5.81. The highest BCUT2D eigenvalue weighted by atomic mass is 16.2. The van der Waals surface area contributed by atoms with Gasteiger partial charge in [0.2, 0.25) is 5.91 Å². The molecule has 3 heteroatoms. The van der Waals surface area contributed by atoms with Gasteiger partial charge in [-0.3, -0.25) is 4.79 Å². The number of piperidine rings is 1. The molecule has 1 amide bonds. The van der Waals surface area contributed by atoms with Crippen LogP contribution in [0.25, 0.3) is 0 Å². The van der Waals surface area contributed by atoms with Gasteiger partial charge in [-0.1, -0.05) is 0 Å². The summed E-state index contributed by atoms with van der Waals surface area (Å²) in [5.74, 6) is 0.700. The summed E-state index contributed by atoms with van der Waals surface area (Å²) in [6.45, 7) is 5.11. The fraction of sp³-hybridized carbons (Fsp3) is 0.909. The zero-order chi connectivity index (χ0) is 10.3. The Bertz CT molecular complexity index is 246. The summed E-state index contributed by atoms with van der Waals surface area (Å²) in [4.78, 5) is 14.0. The van der Waals surface area contributed by atoms with Gasteiger partial charge in [0, 0.05) is 24.0 Å². The van der Waals surface area contributed by atoms with E-state index in [-0.39, 0.29) is 11.6 Å². The van der Waals surface area contributed by atoms with E-state index in [1.807, 2.05) is 4.90 Å². The minimum absolute atomic E-state index is 0.0304. The first kappa shape index (κ1) is 9.97. The van der Waals surface area contributed by atoms with Crippen LogP contribution >= 0.6 is 0 Å². The molecule has 0 bridgehead atoms. The number of nitrogens with zero attached hydrogens (tertiary/aromatic N) is 1. The predicted octanol–water partition coefficient (Wildman–Crippen LogP) is 1.12. The largest absolute Gasteiger partial charge is 0.337 e. The van der Waals surface area contributed by atoms with Gasteiger partial charge < -0.3 is 10.6 Å². The zero-order valence-electron chi connectivity index (χ0n) is 9.12. The van der Waals surface area contributed by atoms with Crippen LogP contribution in [0, 0.1) is 5.92 Å². The number of carbonyl (C=O) groups is 1. The van der Waals surface area contributed by atoms with Crippen LogP contribution in [0.3, 0.4) is 0 Å². The first-order chi connectivity index (χ1) is 6.50. The summed E-state index contributed by atoms with van der Waals surface area (Å²) >= 11 is 0. The number of hydrogen-bond acceptors (Lipinski definition) is 2. The Morgan fingerprint density at radius 2 is 2.00 bits per heavy atom. The van der Waals surface area contributed by atoms with E-state index in [2.05, 4.69) is 13.8 Å². The third-order valence-corrected chi connectivity index (χ3v) is 3.41. The van der Waals surface area contributed by atoms with E-state index in [0.717, 1.165) is 32.2 Å². The molecular formula is C11H20N2O. The van der Waals surface area contributed by atoms with Crippen LogP contribution in [-0.2, 0) is 4.79 Å². The van der Waals surface area contributed by atoms with Crippen molar-refractivity contribution in [1.29, 1.82) is 0 Å². The Hall–Kier alpha value is -0.570. The van der Waals surface area contributed by atoms with E-state index < -0.39 is 0 Å². The van der Waals surface area contributed by atoms with Gasteiger partial charge in [-0.25, -0.2) is 0 Å². The highest BCUT2D eigenvalue weighted by Crippen LogP contribution is 2.36. The Morgan fingerprint density at radius 1 is 1.36 bits per heavy atom. The molecule has 1 aliphatic carbocycles. The molecule has 1 heterocycles. The number of amides is 1. The van der Waals surface area contributed by atoms with E-state index in [0.29, 0.717) is 11.8 Å². The number of carbonyl (C=O) groups excluding carboxylic acids is 1. The van der Waals surface area contributed by atoms with E-state index in [4.69, 9.17) is 5.73 Å². The summed E-state index contributed by atoms with van der Waals surface area (Å²) in [5, 5.41) is 0. The lowest BCUT2D eigenvalue weighted by molar-refractivity contribution is -0.140. The number of rotatable bonds is 1. The van der Waals surface area contributed by atoms with Gasteiger partial charge in [-0.05, 0) is 39.5 Å². The average Bonchev–Trinajstić information content (AvgIpc) is 2.82. The number of hydrogen-bond donors (Lipinski definition) is 1. The van der Waals surface area contributed by atoms with Crippen molar-refractivity contribution >= 4 is 5.91 Å². The summed E-state index contributed by atoms with van der Waals surface area (Å²) in [7, 11) is 0. The van der Waals surface area contributed by atoms with Gasteiger partial charge in [-0.15, -0.1) is 0 Å². The lowest BCUT2D eigenvalue weighted by atomic mass is 9.87. The zero-order valence-corrected chi connectivity index (χ0v) is 9.12. The molecule has 2 aliphatic rings. The molecular weight excluding hydrogens is 176 g/mol. The van der Waals surface area contributed by atoms with Crippen molar-refractivity contribution in [2.24, 2.45) is 11.7 Å². The van der Waals surface area contributed by atoms with Gasteiger partial charge in [0.1, 0.15) is 0 Å². The van der Waals surface area contributed by atoms with Crippen molar-refractivity contribution in [3.05, 3.63) is 0 Å². The summed E-state index contributed by atoms with van der Waals surface area (Å²) < 4.78 is 0. The van der Waals surface area contributed by atoms with Crippen LogP contribution in [0.15, 0.2) is 0 Å². The fourth-order valence-corrected chi connectivity index (χ4v) is 2.41. The second-order valence-electron chi connectivity index (χ2n) is 5.33.